The van der Waals surface area contributed by atoms with Crippen molar-refractivity contribution in [2.45, 2.75) is 4.90 Å². The number of carbonyl (C=O) groups excluding carboxylic acids is 1. The Bertz CT molecular complexity index is 931. The molecule has 0 spiro atoms. The summed E-state index contributed by atoms with van der Waals surface area (Å²) in [5.41, 5.74) is 0.987. The zero-order chi connectivity index (χ0) is 19.4. The van der Waals surface area contributed by atoms with Gasteiger partial charge in [-0.15, -0.1) is 0 Å². The van der Waals surface area contributed by atoms with Crippen LogP contribution in [0.25, 0.3) is 0 Å². The minimum Gasteiger partial charge on any atom is -0.368 e. The summed E-state index contributed by atoms with van der Waals surface area (Å²) in [6.07, 6.45) is 0. The minimum absolute atomic E-state index is 0.207. The van der Waals surface area contributed by atoms with Gasteiger partial charge in [-0.05, 0) is 36.4 Å². The van der Waals surface area contributed by atoms with Crippen molar-refractivity contribution < 1.29 is 17.6 Å². The van der Waals surface area contributed by atoms with E-state index >= 15 is 0 Å². The highest BCUT2D eigenvalue weighted by Gasteiger charge is 2.23. The van der Waals surface area contributed by atoms with Crippen LogP contribution in [0.5, 0.6) is 0 Å². The molecule has 1 aliphatic rings. The summed E-state index contributed by atoms with van der Waals surface area (Å²) >= 11 is 6.01. The molecule has 1 heterocycles. The van der Waals surface area contributed by atoms with Gasteiger partial charge in [0.05, 0.1) is 11.4 Å². The van der Waals surface area contributed by atoms with E-state index in [1.165, 1.54) is 12.1 Å². The van der Waals surface area contributed by atoms with E-state index in [9.17, 15) is 17.6 Å². The Kier molecular flexibility index (Phi) is 5.98. The number of nitrogens with one attached hydrogen (secondary N) is 1. The monoisotopic (exact) mass is 411 g/mol. The number of rotatable bonds is 5. The fourth-order valence-electron chi connectivity index (χ4n) is 2.87. The van der Waals surface area contributed by atoms with Crippen LogP contribution in [0.15, 0.2) is 53.4 Å². The van der Waals surface area contributed by atoms with E-state index in [1.807, 2.05) is 18.2 Å². The molecule has 2 aromatic carbocycles. The predicted molar refractivity (Wildman–Crippen MR) is 102 cm³/mol. The molecule has 0 aliphatic carbocycles. The number of amides is 1. The lowest BCUT2D eigenvalue weighted by molar-refractivity contribution is -0.130. The van der Waals surface area contributed by atoms with Gasteiger partial charge < -0.3 is 9.80 Å². The second-order valence-corrected chi connectivity index (χ2v) is 8.33. The van der Waals surface area contributed by atoms with Crippen molar-refractivity contribution in [2.75, 3.05) is 37.6 Å². The van der Waals surface area contributed by atoms with Crippen LogP contribution in [-0.2, 0) is 14.8 Å². The summed E-state index contributed by atoms with van der Waals surface area (Å²) in [5, 5.41) is 0.651. The maximum Gasteiger partial charge on any atom is 0.241 e. The number of hydrogen-bond acceptors (Lipinski definition) is 4. The van der Waals surface area contributed by atoms with Crippen LogP contribution >= 0.6 is 11.6 Å². The Labute approximate surface area is 162 Å². The number of hydrogen-bond donors (Lipinski definition) is 1. The molecule has 1 amide bonds. The number of sulfonamides is 1. The third-order valence-electron chi connectivity index (χ3n) is 4.33. The molecule has 0 radical (unpaired) electrons. The normalized spacial score (nSPS) is 15.0. The van der Waals surface area contributed by atoms with Gasteiger partial charge in [-0.25, -0.2) is 17.5 Å². The number of nitrogens with zero attached hydrogens (tertiary/aromatic N) is 2. The molecule has 3 rings (SSSR count). The van der Waals surface area contributed by atoms with E-state index in [2.05, 4.69) is 9.62 Å². The Balaban J connectivity index is 1.54. The van der Waals surface area contributed by atoms with E-state index in [-0.39, 0.29) is 17.3 Å². The second-order valence-electron chi connectivity index (χ2n) is 6.13. The van der Waals surface area contributed by atoms with Gasteiger partial charge in [-0.3, -0.25) is 4.79 Å². The van der Waals surface area contributed by atoms with Gasteiger partial charge in [0.1, 0.15) is 5.82 Å². The van der Waals surface area contributed by atoms with Crippen molar-refractivity contribution in [3.8, 4) is 0 Å². The fraction of sp³-hybridized carbons (Fsp3) is 0.278. The summed E-state index contributed by atoms with van der Waals surface area (Å²) in [6, 6.07) is 12.1. The topological polar surface area (TPSA) is 69.7 Å². The lowest BCUT2D eigenvalue weighted by atomic mass is 10.2. The average Bonchev–Trinajstić information content (AvgIpc) is 2.66. The molecule has 144 valence electrons. The molecule has 0 aromatic heterocycles. The maximum atomic E-state index is 13.2. The largest absolute Gasteiger partial charge is 0.368 e. The Morgan fingerprint density at radius 2 is 1.78 bits per heavy atom. The molecule has 0 bridgehead atoms. The predicted octanol–water partition coefficient (Wildman–Crippen LogP) is 2.11. The first-order valence-electron chi connectivity index (χ1n) is 8.39. The van der Waals surface area contributed by atoms with Gasteiger partial charge in [0, 0.05) is 36.9 Å². The van der Waals surface area contributed by atoms with Gasteiger partial charge in [0.2, 0.25) is 15.9 Å². The van der Waals surface area contributed by atoms with Crippen molar-refractivity contribution in [1.82, 2.24) is 9.62 Å². The molecular weight excluding hydrogens is 393 g/mol. The molecule has 1 aliphatic heterocycles. The summed E-state index contributed by atoms with van der Waals surface area (Å²) in [4.78, 5) is 15.8. The van der Waals surface area contributed by atoms with Crippen LogP contribution in [0, 0.1) is 5.82 Å². The second kappa shape index (κ2) is 8.24. The van der Waals surface area contributed by atoms with Crippen molar-refractivity contribution in [2.24, 2.45) is 0 Å². The Morgan fingerprint density at radius 1 is 1.07 bits per heavy atom. The summed E-state index contributed by atoms with van der Waals surface area (Å²) in [6.45, 7) is 1.85. The zero-order valence-corrected chi connectivity index (χ0v) is 16.0. The van der Waals surface area contributed by atoms with Gasteiger partial charge in [-0.1, -0.05) is 23.7 Å². The number of carbonyl (C=O) groups is 1. The average molecular weight is 412 g/mol. The van der Waals surface area contributed by atoms with Gasteiger partial charge in [0.25, 0.3) is 0 Å². The quantitative estimate of drug-likeness (QED) is 0.818. The van der Waals surface area contributed by atoms with E-state index in [1.54, 1.807) is 11.0 Å². The highest BCUT2D eigenvalue weighted by atomic mass is 35.5. The van der Waals surface area contributed by atoms with Crippen molar-refractivity contribution in [1.29, 1.82) is 0 Å². The number of piperazine rings is 1. The van der Waals surface area contributed by atoms with Crippen LogP contribution in [0.4, 0.5) is 10.1 Å². The highest BCUT2D eigenvalue weighted by molar-refractivity contribution is 7.89. The van der Waals surface area contributed by atoms with E-state index < -0.39 is 15.8 Å². The van der Waals surface area contributed by atoms with E-state index in [0.29, 0.717) is 31.2 Å². The summed E-state index contributed by atoms with van der Waals surface area (Å²) in [5.74, 6) is -0.970. The van der Waals surface area contributed by atoms with Crippen LogP contribution in [-0.4, -0.2) is 51.9 Å². The fourth-order valence-corrected chi connectivity index (χ4v) is 4.06. The van der Waals surface area contributed by atoms with Gasteiger partial charge >= 0.3 is 0 Å². The molecule has 1 fully saturated rings. The minimum atomic E-state index is -3.94. The molecule has 27 heavy (non-hydrogen) atoms. The third-order valence-corrected chi connectivity index (χ3v) is 5.96. The molecule has 0 atom stereocenters. The first-order valence-corrected chi connectivity index (χ1v) is 10.2. The molecule has 0 unspecified atom stereocenters. The lowest BCUT2D eigenvalue weighted by Gasteiger charge is -2.36. The lowest BCUT2D eigenvalue weighted by Crippen LogP contribution is -2.51. The molecule has 0 saturated carbocycles. The molecule has 6 nitrogen and oxygen atoms in total. The summed E-state index contributed by atoms with van der Waals surface area (Å²) in [7, 11) is -3.94. The van der Waals surface area contributed by atoms with Gasteiger partial charge in [0.15, 0.2) is 0 Å². The van der Waals surface area contributed by atoms with Crippen LogP contribution in [0.2, 0.25) is 5.02 Å². The Hall–Kier alpha value is -2.16. The molecule has 1 N–H and O–H groups in total. The molecule has 2 aromatic rings. The maximum absolute atomic E-state index is 13.2. The first kappa shape index (κ1) is 19.6. The van der Waals surface area contributed by atoms with E-state index in [4.69, 9.17) is 11.6 Å². The molecule has 9 heteroatoms. The Morgan fingerprint density at radius 3 is 2.44 bits per heavy atom. The highest BCUT2D eigenvalue weighted by Crippen LogP contribution is 2.20. The molecule has 1 saturated heterocycles. The number of halogens is 2. The number of benzene rings is 2. The van der Waals surface area contributed by atoms with Crippen molar-refractivity contribution in [3.63, 3.8) is 0 Å². The smallest absolute Gasteiger partial charge is 0.241 e. The van der Waals surface area contributed by atoms with Gasteiger partial charge in [-0.2, -0.15) is 0 Å². The SMILES string of the molecule is O=C(CNS(=O)(=O)c1cccc(F)c1)N1CCN(c2cccc(Cl)c2)CC1. The van der Waals surface area contributed by atoms with Crippen LogP contribution in [0.1, 0.15) is 0 Å². The standard InChI is InChI=1S/C18H19ClFN3O3S/c19-14-3-1-5-16(11-14)22-7-9-23(10-8-22)18(24)13-21-27(25,26)17-6-2-4-15(20)12-17/h1-6,11-12,21H,7-10,13H2. The van der Waals surface area contributed by atoms with Crippen molar-refractivity contribution in [3.05, 3.63) is 59.4 Å². The van der Waals surface area contributed by atoms with Crippen molar-refractivity contribution >= 4 is 33.2 Å². The van der Waals surface area contributed by atoms with Crippen LogP contribution in [0.3, 0.4) is 0 Å². The number of anilines is 1. The third kappa shape index (κ3) is 4.97. The first-order chi connectivity index (χ1) is 12.8. The van der Waals surface area contributed by atoms with E-state index in [0.717, 1.165) is 17.8 Å². The molecular formula is C18H19ClFN3O3S. The summed E-state index contributed by atoms with van der Waals surface area (Å²) < 4.78 is 39.8. The van der Waals surface area contributed by atoms with Crippen LogP contribution < -0.4 is 9.62 Å². The zero-order valence-electron chi connectivity index (χ0n) is 14.4.